The molecule has 8 heterocycles. The van der Waals surface area contributed by atoms with Crippen LogP contribution in [0.1, 0.15) is 228 Å². The van der Waals surface area contributed by atoms with Crippen molar-refractivity contribution in [2.75, 3.05) is 41.5 Å². The van der Waals surface area contributed by atoms with Crippen molar-refractivity contribution in [1.82, 2.24) is 44.9 Å². The molecule has 32 heteroatoms. The zero-order valence-electron chi connectivity index (χ0n) is 80.5. The van der Waals surface area contributed by atoms with Crippen LogP contribution in [0.3, 0.4) is 0 Å². The van der Waals surface area contributed by atoms with Crippen LogP contribution in [0, 0.1) is 74.9 Å². The Hall–Kier alpha value is -13.4. The number of halogens is 4. The number of hydrogen-bond acceptors (Lipinski definition) is 20. The number of carbonyl (C=O) groups excluding carboxylic acids is 8. The number of esters is 3. The second kappa shape index (κ2) is 38.0. The van der Waals surface area contributed by atoms with Crippen molar-refractivity contribution in [3.63, 3.8) is 0 Å². The minimum absolute atomic E-state index is 0.00286. The summed E-state index contributed by atoms with van der Waals surface area (Å²) < 4.78 is 91.4. The molecule has 8 aromatic rings. The molecule has 4 saturated carbocycles. The second-order valence-corrected chi connectivity index (χ2v) is 41.8. The maximum Gasteiger partial charge on any atom is 0.411 e. The lowest BCUT2D eigenvalue weighted by atomic mass is 9.89. The number of methoxy groups -OCH3 is 4. The predicted molar refractivity (Wildman–Crippen MR) is 510 cm³/mol. The number of carbonyl (C=O) groups is 9. The van der Waals surface area contributed by atoms with E-state index < -0.39 is 71.2 Å². The SMILES string of the molecule is COC(=O)C[C@@H](C(=O)N1CC2(CC2)C[C@H]1c1ncc(-c2ccc3c(c2)C(F)(F)c2cc(-c4ccc5c(c4)CC([C@@H]4[C@H]6CC[C@H](C6)N4C(=O)OC(C)(C)C)=N5)ccc2-3)[nH]1)C(C)C.COC(=O)C[C@@H](CCC#N)C(=O)N1[C@@H]2CC[C@@H](C2)[C@H]1C1=Nc2ccc(-c3ccc4c(c3)C(F)(F)c3cc(-c5cnc([C@@H]6CC7(CC7)CN6C(=O)[C@H](CC(=O)OC)C(C)C)[nH]5)ccc3-4)cc2C1.COC(=O)N[C@@H](CCC#N)C(=O)O. The number of amides is 5. The zero-order valence-corrected chi connectivity index (χ0v) is 80.5. The number of nitrogens with one attached hydrogen (secondary N) is 3. The molecule has 6 aliphatic heterocycles. The number of aromatic nitrogens is 4. The number of imidazole rings is 2. The van der Waals surface area contributed by atoms with Crippen molar-refractivity contribution in [3.05, 3.63) is 167 Å². The van der Waals surface area contributed by atoms with Gasteiger partial charge in [-0.3, -0.25) is 43.7 Å². The summed E-state index contributed by atoms with van der Waals surface area (Å²) in [5.74, 6) is -9.30. The fourth-order valence-electron chi connectivity index (χ4n) is 23.4. The van der Waals surface area contributed by atoms with E-state index in [2.05, 4.69) is 32.2 Å². The number of nitrogens with zero attached hydrogens (tertiary/aromatic N) is 10. The normalized spacial score (nSPS) is 22.5. The first-order chi connectivity index (χ1) is 66.8. The number of rotatable bonds is 25. The first-order valence-corrected chi connectivity index (χ1v) is 48.7. The van der Waals surface area contributed by atoms with Gasteiger partial charge in [-0.2, -0.15) is 28.1 Å². The lowest BCUT2D eigenvalue weighted by Crippen LogP contribution is -2.51. The summed E-state index contributed by atoms with van der Waals surface area (Å²) in [5.41, 5.74) is 12.0. The highest BCUT2D eigenvalue weighted by Crippen LogP contribution is 2.62. The monoisotopic (exact) mass is 1910 g/mol. The molecule has 28 nitrogen and oxygen atoms in total. The molecular formula is C108H117F4N13O15. The van der Waals surface area contributed by atoms with Gasteiger partial charge in [0.1, 0.15) is 23.3 Å². The Morgan fingerprint density at radius 2 is 0.907 bits per heavy atom. The zero-order chi connectivity index (χ0) is 99.2. The van der Waals surface area contributed by atoms with Gasteiger partial charge in [0.05, 0.1) is 131 Å². The third-order valence-corrected chi connectivity index (χ3v) is 31.1. The fourth-order valence-corrected chi connectivity index (χ4v) is 23.4. The molecule has 6 aromatic carbocycles. The molecule has 6 aliphatic carbocycles. The van der Waals surface area contributed by atoms with E-state index in [-0.39, 0.29) is 156 Å². The third-order valence-electron chi connectivity index (χ3n) is 31.1. The van der Waals surface area contributed by atoms with E-state index in [0.717, 1.165) is 129 Å². The quantitative estimate of drug-likeness (QED) is 0.0234. The van der Waals surface area contributed by atoms with E-state index in [1.54, 1.807) is 60.9 Å². The van der Waals surface area contributed by atoms with Gasteiger partial charge < -0.3 is 58.8 Å². The van der Waals surface area contributed by atoms with Gasteiger partial charge in [-0.25, -0.2) is 24.4 Å². The molecule has 0 radical (unpaired) electrons. The van der Waals surface area contributed by atoms with Gasteiger partial charge in [-0.05, 0) is 249 Å². The lowest BCUT2D eigenvalue weighted by molar-refractivity contribution is -0.148. The summed E-state index contributed by atoms with van der Waals surface area (Å²) in [6.45, 7) is 14.6. The Balaban J connectivity index is 0.000000165. The van der Waals surface area contributed by atoms with Crippen LogP contribution in [0.25, 0.3) is 67.0 Å². The van der Waals surface area contributed by atoms with Gasteiger partial charge >= 0.3 is 36.1 Å². The molecule has 2 aromatic heterocycles. The molecule has 20 rings (SSSR count). The van der Waals surface area contributed by atoms with E-state index in [0.29, 0.717) is 99.4 Å². The van der Waals surface area contributed by atoms with E-state index in [1.807, 2.05) is 123 Å². The van der Waals surface area contributed by atoms with Crippen LogP contribution < -0.4 is 5.32 Å². The van der Waals surface area contributed by atoms with E-state index in [1.165, 1.54) is 27.4 Å². The molecular weight excluding hydrogens is 1800 g/mol. The number of hydrogen-bond donors (Lipinski definition) is 4. The first kappa shape index (κ1) is 96.9. The maximum atomic E-state index is 16.7. The molecule has 4 bridgehead atoms. The molecule has 12 atom stereocenters. The smallest absolute Gasteiger partial charge is 0.411 e. The Bertz CT molecular complexity index is 6470. The highest BCUT2D eigenvalue weighted by Gasteiger charge is 2.59. The van der Waals surface area contributed by atoms with Crippen molar-refractivity contribution in [1.29, 1.82) is 10.5 Å². The van der Waals surface area contributed by atoms with Gasteiger partial charge in [0, 0.05) is 102 Å². The summed E-state index contributed by atoms with van der Waals surface area (Å²) in [6, 6.07) is 34.8. The van der Waals surface area contributed by atoms with Crippen LogP contribution in [-0.2, 0) is 81.9 Å². The molecule has 0 unspecified atom stereocenters. The number of aromatic amines is 2. The summed E-state index contributed by atoms with van der Waals surface area (Å²) in [5, 5.41) is 28.1. The number of carboxylic acids is 1. The summed E-state index contributed by atoms with van der Waals surface area (Å²) in [6.07, 6.45) is 15.2. The van der Waals surface area contributed by atoms with Crippen LogP contribution in [0.15, 0.2) is 132 Å². The number of ether oxygens (including phenoxy) is 5. The Labute approximate surface area is 809 Å². The average molecular weight is 1910 g/mol. The number of benzene rings is 6. The van der Waals surface area contributed by atoms with Crippen molar-refractivity contribution in [2.24, 2.45) is 62.2 Å². The number of alkyl carbamates (subject to hydrolysis) is 1. The number of fused-ring (bicyclic) bond motifs is 12. The third kappa shape index (κ3) is 18.6. The molecule has 4 saturated heterocycles. The largest absolute Gasteiger partial charge is 0.480 e. The number of alkyl halides is 4. The van der Waals surface area contributed by atoms with Crippen LogP contribution in [0.4, 0.5) is 38.5 Å². The number of piperidine rings is 2. The maximum absolute atomic E-state index is 16.7. The van der Waals surface area contributed by atoms with Crippen LogP contribution in [-0.4, -0.2) is 187 Å². The first-order valence-electron chi connectivity index (χ1n) is 48.7. The van der Waals surface area contributed by atoms with Crippen molar-refractivity contribution in [2.45, 2.75) is 243 Å². The minimum atomic E-state index is -3.28. The minimum Gasteiger partial charge on any atom is -0.480 e. The molecule has 732 valence electrons. The standard InChI is InChI=1S/C52H54F2N6O6.C49H53F2N5O5.C7H10N2O4/c1-28(2)38(24-46(62)66-4)50(64)59-27-51(15-16-51)25-44(59)48-56-26-43(58-48)31-9-13-37-36-12-8-30(20-39(36)52(53,54)40(37)21-31)29-10-14-41-34(18-29)22-42(57-41)47-32-7-11-35(19-32)60(47)49(63)33(6-5-17-55)23-45(61)65-3;1-26(2)35(22-42(57)60-6)45(58)55-25-48(15-16-48)23-41(55)44-52-24-40(54-44)29-9-13-34-33-12-8-28(19-36(33)49(50,51)37(34)20-29)27-10-14-38-31(17-27)21-39(53-38)43-30-7-11-32(18-30)56(43)46(59)61-47(3,4)5;1-13-7(12)9-5(6(10)11)3-2-4-8/h8-10,12-14,18,20-21,26,28,32-33,35,38,44,47H,5-7,11,15-16,19,22-25,27H2,1-4H3,(H,56,58);8-10,12-14,17,19-20,24,26,30,32,35,41,43H,7,11,15-16,18,21-23,25H2,1-6H3,(H,52,54);5H,2-3H2,1H3,(H,9,12)(H,10,11)/t32-,33+,35+,38+,44-,47-;30-,32+,35+,41-,43-;5-/m000/s1. The Morgan fingerprint density at radius 1 is 0.514 bits per heavy atom. The number of H-pyrrole nitrogens is 2. The predicted octanol–water partition coefficient (Wildman–Crippen LogP) is 19.5. The van der Waals surface area contributed by atoms with Crippen LogP contribution in [0.5, 0.6) is 0 Å². The lowest BCUT2D eigenvalue weighted by Gasteiger charge is -2.37. The van der Waals surface area contributed by atoms with Crippen LogP contribution in [0.2, 0.25) is 0 Å². The number of aliphatic carboxylic acids is 1. The fraction of sp³-hybridized carbons (Fsp3) is 0.491. The van der Waals surface area contributed by atoms with Gasteiger partial charge in [0.25, 0.3) is 11.8 Å². The molecule has 2 spiro atoms. The average Bonchev–Trinajstić information content (AvgIpc) is 1.57. The van der Waals surface area contributed by atoms with Gasteiger partial charge in [-0.1, -0.05) is 88.4 Å². The highest BCUT2D eigenvalue weighted by atomic mass is 19.3. The van der Waals surface area contributed by atoms with E-state index in [9.17, 15) is 48.4 Å². The second-order valence-electron chi connectivity index (χ2n) is 41.8. The van der Waals surface area contributed by atoms with E-state index in [4.69, 9.17) is 49.3 Å². The number of carboxylic acid groups (broad SMARTS) is 1. The highest BCUT2D eigenvalue weighted by molar-refractivity contribution is 6.03. The van der Waals surface area contributed by atoms with Crippen molar-refractivity contribution < 1.29 is 89.5 Å². The van der Waals surface area contributed by atoms with Gasteiger partial charge in [-0.15, -0.1) is 0 Å². The molecule has 140 heavy (non-hydrogen) atoms. The number of likely N-dealkylation sites (tertiary alicyclic amines) is 4. The van der Waals surface area contributed by atoms with Gasteiger partial charge in [0.2, 0.25) is 17.7 Å². The number of nitriles is 2. The molecule has 8 fully saturated rings. The van der Waals surface area contributed by atoms with E-state index >= 15 is 17.6 Å². The number of aliphatic imine (C=N–C) groups is 2. The van der Waals surface area contributed by atoms with Crippen molar-refractivity contribution >= 4 is 76.6 Å². The van der Waals surface area contributed by atoms with Gasteiger partial charge in [0.15, 0.2) is 0 Å². The topological polar surface area (TPSA) is 375 Å². The molecule has 12 aliphatic rings. The summed E-state index contributed by atoms with van der Waals surface area (Å²) >= 11 is 0. The molecule has 5 amide bonds. The summed E-state index contributed by atoms with van der Waals surface area (Å²) in [7, 11) is 5.10. The Morgan fingerprint density at radius 3 is 1.31 bits per heavy atom. The van der Waals surface area contributed by atoms with Crippen molar-refractivity contribution in [3.8, 4) is 79.2 Å². The molecule has 4 N–H and O–H groups in total. The van der Waals surface area contributed by atoms with Crippen LogP contribution >= 0.6 is 0 Å². The Kier molecular flexibility index (Phi) is 26.3. The summed E-state index contributed by atoms with van der Waals surface area (Å²) in [4.78, 5) is 147.